The molecule has 3 N–H and O–H groups in total. The zero-order valence-corrected chi connectivity index (χ0v) is 14.7. The summed E-state index contributed by atoms with van der Waals surface area (Å²) in [6.45, 7) is 2.33. The van der Waals surface area contributed by atoms with E-state index >= 15 is 0 Å². The molecule has 0 spiro atoms. The van der Waals surface area contributed by atoms with E-state index in [1.807, 2.05) is 6.07 Å². The molecular formula is C17H26F2N2O4. The number of benzene rings is 1. The summed E-state index contributed by atoms with van der Waals surface area (Å²) in [4.78, 5) is 11.6. The molecule has 8 heteroatoms. The first-order chi connectivity index (χ1) is 11.7. The third kappa shape index (κ3) is 8.24. The van der Waals surface area contributed by atoms with Gasteiger partial charge in [0.2, 0.25) is 6.41 Å². The predicted molar refractivity (Wildman–Crippen MR) is 89.3 cm³/mol. The van der Waals surface area contributed by atoms with Crippen LogP contribution in [0.1, 0.15) is 26.3 Å². The highest BCUT2D eigenvalue weighted by Gasteiger charge is 2.34. The molecule has 142 valence electrons. The van der Waals surface area contributed by atoms with Crippen molar-refractivity contribution in [2.75, 3.05) is 19.9 Å². The van der Waals surface area contributed by atoms with Gasteiger partial charge < -0.3 is 19.9 Å². The molecule has 0 aliphatic heterocycles. The van der Waals surface area contributed by atoms with Crippen LogP contribution in [0.15, 0.2) is 30.3 Å². The monoisotopic (exact) mass is 360 g/mol. The molecule has 1 rings (SSSR count). The van der Waals surface area contributed by atoms with Gasteiger partial charge >= 0.3 is 6.09 Å². The van der Waals surface area contributed by atoms with E-state index in [1.54, 1.807) is 45.0 Å². The Morgan fingerprint density at radius 1 is 1.20 bits per heavy atom. The number of rotatable bonds is 9. The molecule has 0 aromatic heterocycles. The number of aliphatic hydroxyl groups excluding tert-OH is 1. The van der Waals surface area contributed by atoms with Crippen molar-refractivity contribution in [1.82, 2.24) is 10.6 Å². The molecule has 0 saturated heterocycles. The van der Waals surface area contributed by atoms with Crippen molar-refractivity contribution in [3.8, 4) is 0 Å². The minimum absolute atomic E-state index is 0.0587. The van der Waals surface area contributed by atoms with Crippen LogP contribution in [-0.4, -0.2) is 48.6 Å². The van der Waals surface area contributed by atoms with E-state index in [0.29, 0.717) is 0 Å². The van der Waals surface area contributed by atoms with Gasteiger partial charge in [0.05, 0.1) is 12.1 Å². The molecule has 1 amide bonds. The Morgan fingerprint density at radius 3 is 2.32 bits per heavy atom. The summed E-state index contributed by atoms with van der Waals surface area (Å²) < 4.78 is 36.9. The van der Waals surface area contributed by atoms with Gasteiger partial charge in [0.25, 0.3) is 0 Å². The molecule has 0 saturated carbocycles. The Balaban J connectivity index is 2.54. The fourth-order valence-electron chi connectivity index (χ4n) is 1.87. The second-order valence-electron chi connectivity index (χ2n) is 6.70. The molecule has 6 nitrogen and oxygen atoms in total. The van der Waals surface area contributed by atoms with E-state index in [9.17, 15) is 18.7 Å². The first-order valence-corrected chi connectivity index (χ1v) is 7.90. The number of carbonyl (C=O) groups excluding carboxylic acids is 1. The molecule has 1 unspecified atom stereocenters. The second-order valence-corrected chi connectivity index (χ2v) is 6.70. The molecule has 0 aliphatic carbocycles. The summed E-state index contributed by atoms with van der Waals surface area (Å²) in [6, 6.07) is 9.01. The van der Waals surface area contributed by atoms with Crippen LogP contribution in [0.2, 0.25) is 0 Å². The molecule has 0 radical (unpaired) electrons. The van der Waals surface area contributed by atoms with Crippen LogP contribution in [0, 0.1) is 0 Å². The van der Waals surface area contributed by atoms with Crippen LogP contribution in [-0.2, 0) is 16.1 Å². The smallest absolute Gasteiger partial charge is 0.407 e. The van der Waals surface area contributed by atoms with Gasteiger partial charge in [0, 0.05) is 6.54 Å². The summed E-state index contributed by atoms with van der Waals surface area (Å²) >= 11 is 0. The highest BCUT2D eigenvalue weighted by atomic mass is 19.1. The van der Waals surface area contributed by atoms with Gasteiger partial charge in [-0.3, -0.25) is 5.32 Å². The highest BCUT2D eigenvalue weighted by Crippen LogP contribution is 2.11. The Morgan fingerprint density at radius 2 is 1.80 bits per heavy atom. The Hall–Kier alpha value is -1.77. The lowest BCUT2D eigenvalue weighted by Crippen LogP contribution is -2.60. The fraction of sp³-hybridized carbons (Fsp3) is 0.588. The zero-order chi connectivity index (χ0) is 18.9. The largest absolute Gasteiger partial charge is 0.444 e. The first-order valence-electron chi connectivity index (χ1n) is 7.90. The number of halogens is 2. The number of alkyl carbamates (subject to hydrolysis) is 1. The molecule has 25 heavy (non-hydrogen) atoms. The molecule has 1 aromatic rings. The maximum absolute atomic E-state index is 13.4. The van der Waals surface area contributed by atoms with Crippen LogP contribution in [0.5, 0.6) is 0 Å². The van der Waals surface area contributed by atoms with Crippen molar-refractivity contribution in [2.45, 2.75) is 44.9 Å². The molecule has 0 aliphatic rings. The van der Waals surface area contributed by atoms with E-state index in [4.69, 9.17) is 9.47 Å². The van der Waals surface area contributed by atoms with Gasteiger partial charge in [-0.05, 0) is 26.3 Å². The topological polar surface area (TPSA) is 79.8 Å². The molecule has 0 heterocycles. The zero-order valence-electron chi connectivity index (χ0n) is 14.7. The van der Waals surface area contributed by atoms with E-state index in [1.165, 1.54) is 0 Å². The second kappa shape index (κ2) is 9.65. The van der Waals surface area contributed by atoms with Crippen molar-refractivity contribution in [1.29, 1.82) is 0 Å². The lowest BCUT2D eigenvalue weighted by molar-refractivity contribution is -0.146. The average Bonchev–Trinajstić information content (AvgIpc) is 2.56. The molecular weight excluding hydrogens is 334 g/mol. The SMILES string of the molecule is CC(C)(C)OC(=O)NCC(CF)(CF)NC(O)OCc1ccccc1. The normalized spacial score (nSPS) is 13.4. The van der Waals surface area contributed by atoms with E-state index in [-0.39, 0.29) is 6.61 Å². The summed E-state index contributed by atoms with van der Waals surface area (Å²) in [5, 5.41) is 14.5. The highest BCUT2D eigenvalue weighted by molar-refractivity contribution is 5.67. The van der Waals surface area contributed by atoms with Crippen molar-refractivity contribution in [3.63, 3.8) is 0 Å². The molecule has 0 fully saturated rings. The Kier molecular flexibility index (Phi) is 8.21. The number of hydrogen-bond donors (Lipinski definition) is 3. The third-order valence-corrected chi connectivity index (χ3v) is 3.16. The van der Waals surface area contributed by atoms with Crippen LogP contribution in [0.4, 0.5) is 13.6 Å². The summed E-state index contributed by atoms with van der Waals surface area (Å²) in [7, 11) is 0. The van der Waals surface area contributed by atoms with Gasteiger partial charge in [-0.25, -0.2) is 13.6 Å². The van der Waals surface area contributed by atoms with Gasteiger partial charge in [-0.2, -0.15) is 0 Å². The number of hydrogen-bond acceptors (Lipinski definition) is 5. The number of nitrogens with one attached hydrogen (secondary N) is 2. The number of alkyl halides is 2. The lowest BCUT2D eigenvalue weighted by Gasteiger charge is -2.32. The fourth-order valence-corrected chi connectivity index (χ4v) is 1.87. The average molecular weight is 360 g/mol. The third-order valence-electron chi connectivity index (χ3n) is 3.16. The van der Waals surface area contributed by atoms with Crippen LogP contribution >= 0.6 is 0 Å². The van der Waals surface area contributed by atoms with Gasteiger partial charge in [-0.1, -0.05) is 30.3 Å². The minimum Gasteiger partial charge on any atom is -0.444 e. The number of amides is 1. The summed E-state index contributed by atoms with van der Waals surface area (Å²) in [5.74, 6) is 0. The number of ether oxygens (including phenoxy) is 2. The molecule has 1 atom stereocenters. The first kappa shape index (κ1) is 21.3. The van der Waals surface area contributed by atoms with Crippen molar-refractivity contribution in [2.24, 2.45) is 0 Å². The van der Waals surface area contributed by atoms with E-state index in [2.05, 4.69) is 10.6 Å². The maximum atomic E-state index is 13.4. The van der Waals surface area contributed by atoms with E-state index < -0.39 is 43.5 Å². The van der Waals surface area contributed by atoms with Gasteiger partial charge in [-0.15, -0.1) is 0 Å². The minimum atomic E-state index is -1.81. The Bertz CT molecular complexity index is 519. The summed E-state index contributed by atoms with van der Waals surface area (Å²) in [6.07, 6.45) is -2.41. The van der Waals surface area contributed by atoms with E-state index in [0.717, 1.165) is 5.56 Å². The van der Waals surface area contributed by atoms with Crippen LogP contribution in [0.3, 0.4) is 0 Å². The maximum Gasteiger partial charge on any atom is 0.407 e. The quantitative estimate of drug-likeness (QED) is 0.589. The van der Waals surface area contributed by atoms with Crippen molar-refractivity contribution >= 4 is 6.09 Å². The predicted octanol–water partition coefficient (Wildman–Crippen LogP) is 2.27. The number of aliphatic hydroxyl groups is 1. The Labute approximate surface area is 146 Å². The van der Waals surface area contributed by atoms with Gasteiger partial charge in [0.15, 0.2) is 0 Å². The lowest BCUT2D eigenvalue weighted by atomic mass is 10.0. The summed E-state index contributed by atoms with van der Waals surface area (Å²) in [5.41, 5.74) is -1.75. The van der Waals surface area contributed by atoms with Crippen LogP contribution < -0.4 is 10.6 Å². The standard InChI is InChI=1S/C17H26F2N2O4/c1-16(2,3)25-14(22)20-12-17(10-18,11-19)21-15(23)24-9-13-7-5-4-6-8-13/h4-8,15,21,23H,9-12H2,1-3H3,(H,20,22). The van der Waals surface area contributed by atoms with Gasteiger partial charge in [0.1, 0.15) is 19.0 Å². The van der Waals surface area contributed by atoms with Crippen LogP contribution in [0.25, 0.3) is 0 Å². The van der Waals surface area contributed by atoms with Crippen molar-refractivity contribution in [3.05, 3.63) is 35.9 Å². The number of carbonyl (C=O) groups is 1. The molecule has 0 bridgehead atoms. The molecule has 1 aromatic carbocycles. The van der Waals surface area contributed by atoms with Crippen molar-refractivity contribution < 1.29 is 28.2 Å².